The molecular weight excluding hydrogens is 887 g/mol. The molecule has 0 aromatic heterocycles. The fourth-order valence-corrected chi connectivity index (χ4v) is 10.8. The molecule has 4 aliphatic rings. The summed E-state index contributed by atoms with van der Waals surface area (Å²) in [6, 6.07) is 17.6. The predicted octanol–water partition coefficient (Wildman–Crippen LogP) is 3.76. The van der Waals surface area contributed by atoms with Gasteiger partial charge in [-0.1, -0.05) is 62.4 Å². The molecule has 18 heteroatoms. The molecular formula is C50H57NO17. The van der Waals surface area contributed by atoms with Crippen molar-refractivity contribution in [2.24, 2.45) is 16.7 Å². The predicted molar refractivity (Wildman–Crippen MR) is 237 cm³/mol. The maximum Gasteiger partial charge on any atom is 0.338 e. The smallest absolute Gasteiger partial charge is 0.338 e. The van der Waals surface area contributed by atoms with E-state index in [2.05, 4.69) is 5.32 Å². The highest BCUT2D eigenvalue weighted by Crippen LogP contribution is 2.64. The third-order valence-corrected chi connectivity index (χ3v) is 14.4. The summed E-state index contributed by atoms with van der Waals surface area (Å²) in [5.74, 6) is -7.01. The highest BCUT2D eigenvalue weighted by Gasteiger charge is 2.78. The summed E-state index contributed by atoms with van der Waals surface area (Å²) in [5, 5.41) is 40.7. The van der Waals surface area contributed by atoms with E-state index in [9.17, 15) is 39.3 Å². The van der Waals surface area contributed by atoms with E-state index in [4.69, 9.17) is 37.9 Å². The number of rotatable bonds is 13. The van der Waals surface area contributed by atoms with Crippen LogP contribution in [0.15, 0.2) is 83.9 Å². The molecule has 3 aromatic carbocycles. The Hall–Kier alpha value is -6.34. The molecule has 1 saturated heterocycles. The molecule has 3 fully saturated rings. The Labute approximate surface area is 392 Å². The Morgan fingerprint density at radius 2 is 1.43 bits per heavy atom. The van der Waals surface area contributed by atoms with Gasteiger partial charge in [0.05, 0.1) is 57.0 Å². The van der Waals surface area contributed by atoms with Gasteiger partial charge in [-0.25, -0.2) is 9.59 Å². The molecule has 4 N–H and O–H groups in total. The number of aliphatic hydroxyl groups is 3. The van der Waals surface area contributed by atoms with Gasteiger partial charge in [0.2, 0.25) is 5.75 Å². The van der Waals surface area contributed by atoms with Crippen molar-refractivity contribution in [2.75, 3.05) is 27.9 Å². The number of ketones is 1. The first-order valence-corrected chi connectivity index (χ1v) is 22.1. The fourth-order valence-electron chi connectivity index (χ4n) is 10.8. The third kappa shape index (κ3) is 8.16. The van der Waals surface area contributed by atoms with Gasteiger partial charge < -0.3 is 58.5 Å². The molecule has 18 nitrogen and oxygen atoms in total. The Kier molecular flexibility index (Phi) is 13.6. The van der Waals surface area contributed by atoms with Crippen LogP contribution in [0.5, 0.6) is 17.2 Å². The SMILES string of the molecule is COc1cc(C(=O)O[C@H]2[C@@H]3[C@]4(OC(C)=O)CO[C@@H]4C[C@H](O)[C@@]3(C)C(=O)[C@H](OC(C)=O)C3=C(C)[C@@H](OC(=O)[C@H](O)[C@@H](NC(=O)c4ccccc4)c4ccccc4)C[C@]2(O)C3(C)C)cc(OC)c1OC. The second-order valence-electron chi connectivity index (χ2n) is 18.4. The lowest BCUT2D eigenvalue weighted by atomic mass is 9.44. The first kappa shape index (κ1) is 49.6. The van der Waals surface area contributed by atoms with Gasteiger partial charge in [-0.05, 0) is 54.8 Å². The van der Waals surface area contributed by atoms with Gasteiger partial charge in [-0.15, -0.1) is 0 Å². The summed E-state index contributed by atoms with van der Waals surface area (Å²) < 4.78 is 47.0. The van der Waals surface area contributed by atoms with E-state index in [1.54, 1.807) is 60.7 Å². The summed E-state index contributed by atoms with van der Waals surface area (Å²) in [6.07, 6.45) is -11.0. The number of esters is 4. The number of aliphatic hydroxyl groups excluding tert-OH is 2. The average Bonchev–Trinajstić information content (AvgIpc) is 3.31. The molecule has 2 saturated carbocycles. The highest BCUT2D eigenvalue weighted by atomic mass is 16.6. The molecule has 1 amide bonds. The van der Waals surface area contributed by atoms with Crippen LogP contribution in [0.2, 0.25) is 0 Å². The van der Waals surface area contributed by atoms with Crippen molar-refractivity contribution in [1.29, 1.82) is 0 Å². The summed E-state index contributed by atoms with van der Waals surface area (Å²) in [7, 11) is 4.04. The van der Waals surface area contributed by atoms with Crippen LogP contribution in [-0.2, 0) is 42.9 Å². The van der Waals surface area contributed by atoms with Crippen LogP contribution < -0.4 is 19.5 Å². The third-order valence-electron chi connectivity index (χ3n) is 14.4. The van der Waals surface area contributed by atoms with E-state index in [1.807, 2.05) is 0 Å². The molecule has 0 unspecified atom stereocenters. The molecule has 68 heavy (non-hydrogen) atoms. The van der Waals surface area contributed by atoms with Gasteiger partial charge in [0.15, 0.2) is 35.1 Å². The Morgan fingerprint density at radius 3 is 1.96 bits per heavy atom. The molecule has 7 rings (SSSR count). The molecule has 1 aliphatic heterocycles. The average molecular weight is 944 g/mol. The quantitative estimate of drug-likeness (QED) is 0.108. The van der Waals surface area contributed by atoms with Crippen LogP contribution in [0.3, 0.4) is 0 Å². The van der Waals surface area contributed by atoms with E-state index in [0.29, 0.717) is 5.56 Å². The second kappa shape index (κ2) is 18.6. The number of benzene rings is 3. The number of fused-ring (bicyclic) bond motifs is 5. The minimum Gasteiger partial charge on any atom is -0.493 e. The first-order valence-electron chi connectivity index (χ1n) is 22.1. The van der Waals surface area contributed by atoms with Crippen LogP contribution in [0.25, 0.3) is 0 Å². The molecule has 0 radical (unpaired) electrons. The van der Waals surface area contributed by atoms with E-state index in [1.165, 1.54) is 61.2 Å². The molecule has 2 bridgehead atoms. The number of hydrogen-bond donors (Lipinski definition) is 4. The second-order valence-corrected chi connectivity index (χ2v) is 18.4. The molecule has 3 aliphatic carbocycles. The Balaban J connectivity index is 1.41. The van der Waals surface area contributed by atoms with Gasteiger partial charge in [0, 0.05) is 37.7 Å². The van der Waals surface area contributed by atoms with E-state index in [-0.39, 0.29) is 52.5 Å². The van der Waals surface area contributed by atoms with Crippen molar-refractivity contribution in [2.45, 2.75) is 108 Å². The standard InChI is InChI=1S/C50H57NO17/c1-25-33(66-46(59)38(55)37(28-16-12-10-13-17-28)51-44(57)29-18-14-11-15-19-29)23-50(60)43(67-45(58)30-20-31(61-7)39(63-9)32(21-30)62-8)41-48(6,34(54)22-35-49(41,24-64-35)68-27(3)53)42(56)40(65-26(2)52)36(25)47(50,4)5/h10-21,33-35,37-38,40-41,43,54-55,60H,22-24H2,1-9H3,(H,51,57)/t33-,34-,35+,37-,38+,40+,41-,43-,48+,49-,50+/m0/s1. The van der Waals surface area contributed by atoms with Gasteiger partial charge in [-0.2, -0.15) is 0 Å². The van der Waals surface area contributed by atoms with E-state index >= 15 is 4.79 Å². The van der Waals surface area contributed by atoms with Crippen molar-refractivity contribution in [3.63, 3.8) is 0 Å². The molecule has 3 aromatic rings. The lowest BCUT2D eigenvalue weighted by molar-refractivity contribution is -0.346. The minimum absolute atomic E-state index is 0.0510. The molecule has 364 valence electrons. The van der Waals surface area contributed by atoms with Gasteiger partial charge in [0.1, 0.15) is 23.9 Å². The number of Topliss-reactive ketones (excluding diaryl/α,β-unsaturated/α-hetero) is 1. The van der Waals surface area contributed by atoms with Crippen LogP contribution in [-0.4, -0.2) is 127 Å². The molecule has 11 atom stereocenters. The largest absolute Gasteiger partial charge is 0.493 e. The summed E-state index contributed by atoms with van der Waals surface area (Å²) in [5.41, 5.74) is -7.75. The minimum atomic E-state index is -2.50. The van der Waals surface area contributed by atoms with E-state index < -0.39 is 113 Å². The lowest BCUT2D eigenvalue weighted by Crippen LogP contribution is -2.82. The van der Waals surface area contributed by atoms with Crippen LogP contribution in [0, 0.1) is 16.7 Å². The number of ether oxygens (including phenoxy) is 8. The van der Waals surface area contributed by atoms with Crippen molar-refractivity contribution in [1.82, 2.24) is 5.32 Å². The van der Waals surface area contributed by atoms with Crippen molar-refractivity contribution in [3.05, 3.63) is 101 Å². The van der Waals surface area contributed by atoms with Gasteiger partial charge in [-0.3, -0.25) is 19.2 Å². The Morgan fingerprint density at radius 1 is 0.824 bits per heavy atom. The number of amides is 1. The van der Waals surface area contributed by atoms with E-state index in [0.717, 1.165) is 13.8 Å². The summed E-state index contributed by atoms with van der Waals surface area (Å²) in [6.45, 7) is 7.77. The lowest BCUT2D eigenvalue weighted by Gasteiger charge is -2.67. The maximum absolute atomic E-state index is 15.7. The fraction of sp³-hybridized carbons (Fsp3) is 0.480. The van der Waals surface area contributed by atoms with Gasteiger partial charge >= 0.3 is 23.9 Å². The molecule has 0 spiro atoms. The highest BCUT2D eigenvalue weighted by molar-refractivity contribution is 5.96. The molecule has 1 heterocycles. The van der Waals surface area contributed by atoms with Crippen molar-refractivity contribution >= 4 is 35.6 Å². The zero-order chi connectivity index (χ0) is 49.7. The van der Waals surface area contributed by atoms with Crippen LogP contribution in [0.4, 0.5) is 0 Å². The number of methoxy groups -OCH3 is 3. The zero-order valence-electron chi connectivity index (χ0n) is 39.2. The first-order chi connectivity index (χ1) is 32.1. The van der Waals surface area contributed by atoms with Crippen molar-refractivity contribution < 1.29 is 82.0 Å². The van der Waals surface area contributed by atoms with Crippen LogP contribution in [0.1, 0.15) is 86.7 Å². The zero-order valence-corrected chi connectivity index (χ0v) is 39.2. The number of carbonyl (C=O) groups is 6. The maximum atomic E-state index is 15.7. The van der Waals surface area contributed by atoms with Crippen LogP contribution >= 0.6 is 0 Å². The number of nitrogens with one attached hydrogen (secondary N) is 1. The van der Waals surface area contributed by atoms with Gasteiger partial charge in [0.25, 0.3) is 5.91 Å². The Bertz CT molecular complexity index is 2480. The monoisotopic (exact) mass is 943 g/mol. The normalized spacial score (nSPS) is 30.0. The number of carbonyl (C=O) groups excluding carboxylic acids is 6. The van der Waals surface area contributed by atoms with Crippen molar-refractivity contribution in [3.8, 4) is 17.2 Å². The number of hydrogen-bond acceptors (Lipinski definition) is 17. The topological polar surface area (TPSA) is 249 Å². The summed E-state index contributed by atoms with van der Waals surface area (Å²) >= 11 is 0. The summed E-state index contributed by atoms with van der Waals surface area (Å²) in [4.78, 5) is 84.7.